The lowest BCUT2D eigenvalue weighted by molar-refractivity contribution is -0.140. The maximum absolute atomic E-state index is 14.1. The average molecular weight is 621 g/mol. The highest BCUT2D eigenvalue weighted by molar-refractivity contribution is 7.92. The largest absolute Gasteiger partial charge is 0.497 e. The van der Waals surface area contributed by atoms with Gasteiger partial charge in [0.15, 0.2) is 0 Å². The molecule has 0 aromatic heterocycles. The van der Waals surface area contributed by atoms with E-state index in [4.69, 9.17) is 27.9 Å². The molecule has 0 unspecified atom stereocenters. The molecule has 0 saturated carbocycles. The molecule has 0 spiro atoms. The molecule has 3 aromatic carbocycles. The Morgan fingerprint density at radius 2 is 1.61 bits per heavy atom. The lowest BCUT2D eigenvalue weighted by Gasteiger charge is -2.35. The van der Waals surface area contributed by atoms with E-state index in [1.165, 1.54) is 12.0 Å². The Hall–Kier alpha value is -3.27. The normalized spacial score (nSPS) is 12.4. The Kier molecular flexibility index (Phi) is 10.7. The zero-order chi connectivity index (χ0) is 30.4. The summed E-state index contributed by atoms with van der Waals surface area (Å²) in [5, 5.41) is 3.72. The number of rotatable bonds is 11. The van der Waals surface area contributed by atoms with Crippen LogP contribution in [-0.2, 0) is 32.6 Å². The van der Waals surface area contributed by atoms with Crippen LogP contribution >= 0.6 is 23.2 Å². The second kappa shape index (κ2) is 13.6. The van der Waals surface area contributed by atoms with Crippen molar-refractivity contribution in [3.05, 3.63) is 94.0 Å². The summed E-state index contributed by atoms with van der Waals surface area (Å²) in [5.41, 5.74) is 1.09. The number of nitrogens with zero attached hydrogens (tertiary/aromatic N) is 2. The summed E-state index contributed by atoms with van der Waals surface area (Å²) in [6.07, 6.45) is 1.22. The first kappa shape index (κ1) is 32.2. The van der Waals surface area contributed by atoms with Crippen LogP contribution in [0.2, 0.25) is 10.0 Å². The number of hydrogen-bond donors (Lipinski definition) is 1. The minimum absolute atomic E-state index is 0.0515. The van der Waals surface area contributed by atoms with Gasteiger partial charge >= 0.3 is 0 Å². The number of amides is 2. The molecule has 0 aliphatic heterocycles. The van der Waals surface area contributed by atoms with Gasteiger partial charge in [0.1, 0.15) is 18.3 Å². The van der Waals surface area contributed by atoms with Crippen LogP contribution in [0, 0.1) is 0 Å². The van der Waals surface area contributed by atoms with Gasteiger partial charge in [0.25, 0.3) is 0 Å². The van der Waals surface area contributed by atoms with Crippen LogP contribution in [-0.4, -0.2) is 56.6 Å². The molecule has 0 heterocycles. The van der Waals surface area contributed by atoms with E-state index in [1.54, 1.807) is 42.5 Å². The van der Waals surface area contributed by atoms with Crippen molar-refractivity contribution in [2.75, 3.05) is 24.2 Å². The number of hydrogen-bond acceptors (Lipinski definition) is 5. The van der Waals surface area contributed by atoms with Crippen molar-refractivity contribution in [2.45, 2.75) is 45.3 Å². The van der Waals surface area contributed by atoms with Crippen LogP contribution in [0.4, 0.5) is 5.69 Å². The standard InChI is InChI=1S/C30H35Cl2N3O5S/c1-30(2,3)33-29(37)27(17-21-9-7-6-8-10-21)34(19-22-11-12-23(31)18-26(22)32)28(36)20-35(41(5,38)39)24-13-15-25(40-4)16-14-24/h6-16,18,27H,17,19-20H2,1-5H3,(H,33,37)/t27-/m1/s1. The fourth-order valence-corrected chi connectivity index (χ4v) is 5.52. The maximum Gasteiger partial charge on any atom is 0.244 e. The average Bonchev–Trinajstić information content (AvgIpc) is 2.89. The van der Waals surface area contributed by atoms with E-state index in [2.05, 4.69) is 5.32 Å². The molecule has 1 atom stereocenters. The zero-order valence-electron chi connectivity index (χ0n) is 23.7. The Morgan fingerprint density at radius 3 is 2.15 bits per heavy atom. The van der Waals surface area contributed by atoms with Crippen LogP contribution < -0.4 is 14.4 Å². The molecule has 220 valence electrons. The van der Waals surface area contributed by atoms with Crippen LogP contribution in [0.5, 0.6) is 5.75 Å². The maximum atomic E-state index is 14.1. The molecule has 11 heteroatoms. The summed E-state index contributed by atoms with van der Waals surface area (Å²) < 4.78 is 32.0. The SMILES string of the molecule is COc1ccc(N(CC(=O)N(Cc2ccc(Cl)cc2Cl)[C@H](Cc2ccccc2)C(=O)NC(C)(C)C)S(C)(=O)=O)cc1. The number of ether oxygens (including phenoxy) is 1. The highest BCUT2D eigenvalue weighted by atomic mass is 35.5. The van der Waals surface area contributed by atoms with Gasteiger partial charge in [-0.3, -0.25) is 13.9 Å². The predicted molar refractivity (Wildman–Crippen MR) is 164 cm³/mol. The first-order chi connectivity index (χ1) is 19.2. The quantitative estimate of drug-likeness (QED) is 0.313. The van der Waals surface area contributed by atoms with Crippen molar-refractivity contribution in [3.63, 3.8) is 0 Å². The summed E-state index contributed by atoms with van der Waals surface area (Å²) >= 11 is 12.6. The number of nitrogens with one attached hydrogen (secondary N) is 1. The van der Waals surface area contributed by atoms with Crippen LogP contribution in [0.15, 0.2) is 72.8 Å². The molecule has 3 aromatic rings. The Labute approximate surface area is 252 Å². The highest BCUT2D eigenvalue weighted by Gasteiger charge is 2.34. The third-order valence-electron chi connectivity index (χ3n) is 6.16. The van der Waals surface area contributed by atoms with Crippen molar-refractivity contribution in [1.82, 2.24) is 10.2 Å². The van der Waals surface area contributed by atoms with Gasteiger partial charge in [-0.25, -0.2) is 8.42 Å². The van der Waals surface area contributed by atoms with Gasteiger partial charge in [0.2, 0.25) is 21.8 Å². The van der Waals surface area contributed by atoms with Crippen molar-refractivity contribution < 1.29 is 22.7 Å². The highest BCUT2D eigenvalue weighted by Crippen LogP contribution is 2.26. The Balaban J connectivity index is 2.09. The van der Waals surface area contributed by atoms with Gasteiger partial charge in [-0.2, -0.15) is 0 Å². The molecule has 2 amide bonds. The number of carbonyl (C=O) groups excluding carboxylic acids is 2. The molecule has 8 nitrogen and oxygen atoms in total. The Morgan fingerprint density at radius 1 is 0.976 bits per heavy atom. The first-order valence-corrected chi connectivity index (χ1v) is 15.5. The molecule has 0 aliphatic rings. The molecule has 0 fully saturated rings. The third kappa shape index (κ3) is 9.38. The molecule has 0 aliphatic carbocycles. The lowest BCUT2D eigenvalue weighted by atomic mass is 10.0. The monoisotopic (exact) mass is 619 g/mol. The minimum atomic E-state index is -3.89. The predicted octanol–water partition coefficient (Wildman–Crippen LogP) is 5.32. The van der Waals surface area contributed by atoms with E-state index in [0.29, 0.717) is 21.4 Å². The van der Waals surface area contributed by atoms with E-state index in [1.807, 2.05) is 51.1 Å². The van der Waals surface area contributed by atoms with Crippen molar-refractivity contribution in [2.24, 2.45) is 0 Å². The number of benzene rings is 3. The lowest BCUT2D eigenvalue weighted by Crippen LogP contribution is -2.56. The second-order valence-electron chi connectivity index (χ2n) is 10.7. The summed E-state index contributed by atoms with van der Waals surface area (Å²) in [4.78, 5) is 29.3. The summed E-state index contributed by atoms with van der Waals surface area (Å²) in [5.74, 6) is -0.424. The van der Waals surface area contributed by atoms with Gasteiger partial charge in [0, 0.05) is 28.5 Å². The number of anilines is 1. The molecule has 0 radical (unpaired) electrons. The molecule has 0 saturated heterocycles. The number of sulfonamides is 1. The molecular formula is C30H35Cl2N3O5S. The summed E-state index contributed by atoms with van der Waals surface area (Å²) in [7, 11) is -2.38. The molecule has 41 heavy (non-hydrogen) atoms. The zero-order valence-corrected chi connectivity index (χ0v) is 26.1. The van der Waals surface area contributed by atoms with Gasteiger partial charge in [0.05, 0.1) is 19.1 Å². The fraction of sp³-hybridized carbons (Fsp3) is 0.333. The Bertz CT molecular complexity index is 1460. The minimum Gasteiger partial charge on any atom is -0.497 e. The van der Waals surface area contributed by atoms with Crippen molar-refractivity contribution >= 4 is 50.7 Å². The summed E-state index contributed by atoms with van der Waals surface area (Å²) in [6.45, 7) is 4.96. The van der Waals surface area contributed by atoms with E-state index in [0.717, 1.165) is 16.1 Å². The molecule has 0 bridgehead atoms. The fourth-order valence-electron chi connectivity index (χ4n) is 4.20. The topological polar surface area (TPSA) is 96.0 Å². The van der Waals surface area contributed by atoms with Crippen molar-refractivity contribution in [3.8, 4) is 5.75 Å². The third-order valence-corrected chi connectivity index (χ3v) is 7.89. The van der Waals surface area contributed by atoms with Gasteiger partial charge < -0.3 is 15.0 Å². The van der Waals surface area contributed by atoms with E-state index < -0.39 is 34.1 Å². The van der Waals surface area contributed by atoms with Gasteiger partial charge in [-0.15, -0.1) is 0 Å². The van der Waals surface area contributed by atoms with E-state index >= 15 is 0 Å². The number of carbonyl (C=O) groups is 2. The van der Waals surface area contributed by atoms with Crippen LogP contribution in [0.3, 0.4) is 0 Å². The van der Waals surface area contributed by atoms with Gasteiger partial charge in [-0.05, 0) is 68.3 Å². The van der Waals surface area contributed by atoms with E-state index in [9.17, 15) is 18.0 Å². The van der Waals surface area contributed by atoms with Crippen LogP contribution in [0.1, 0.15) is 31.9 Å². The van der Waals surface area contributed by atoms with E-state index in [-0.39, 0.29) is 24.6 Å². The smallest absolute Gasteiger partial charge is 0.244 e. The first-order valence-electron chi connectivity index (χ1n) is 12.9. The molecule has 1 N–H and O–H groups in total. The summed E-state index contributed by atoms with van der Waals surface area (Å²) in [6, 6.07) is 19.6. The second-order valence-corrected chi connectivity index (χ2v) is 13.4. The molecular weight excluding hydrogens is 585 g/mol. The molecule has 3 rings (SSSR count). The number of methoxy groups -OCH3 is 1. The van der Waals surface area contributed by atoms with Crippen molar-refractivity contribution in [1.29, 1.82) is 0 Å². The number of halogens is 2. The van der Waals surface area contributed by atoms with Crippen LogP contribution in [0.25, 0.3) is 0 Å². The van der Waals surface area contributed by atoms with Gasteiger partial charge in [-0.1, -0.05) is 59.6 Å².